The summed E-state index contributed by atoms with van der Waals surface area (Å²) in [5.74, 6) is 1.99. The highest BCUT2D eigenvalue weighted by Gasteiger charge is 2.23. The lowest BCUT2D eigenvalue weighted by Crippen LogP contribution is -2.00. The third-order valence-corrected chi connectivity index (χ3v) is 10.4. The number of hydrogen-bond donors (Lipinski definition) is 0. The first-order chi connectivity index (χ1) is 23.3. The van der Waals surface area contributed by atoms with Crippen molar-refractivity contribution in [1.29, 1.82) is 0 Å². The van der Waals surface area contributed by atoms with Gasteiger partial charge in [-0.05, 0) is 62.4 Å². The summed E-state index contributed by atoms with van der Waals surface area (Å²) in [6, 6.07) is 53.7. The number of nitrogens with zero attached hydrogens (tertiary/aromatic N) is 3. The summed E-state index contributed by atoms with van der Waals surface area (Å²) in [5, 5.41) is 5.29. The average molecular weight is 616 g/mol. The Morgan fingerprint density at radius 2 is 0.851 bits per heavy atom. The van der Waals surface area contributed by atoms with Gasteiger partial charge in [0, 0.05) is 36.9 Å². The molecule has 10 rings (SSSR count). The maximum atomic E-state index is 4.93. The molecule has 1 aliphatic rings. The van der Waals surface area contributed by atoms with E-state index < -0.39 is 0 Å². The van der Waals surface area contributed by atoms with Crippen molar-refractivity contribution >= 4 is 42.3 Å². The molecule has 0 N–H and O–H groups in total. The molecule has 0 amide bonds. The largest absolute Gasteiger partial charge is 0.208 e. The van der Waals surface area contributed by atoms with Crippen LogP contribution in [0.1, 0.15) is 0 Å². The van der Waals surface area contributed by atoms with E-state index in [0.29, 0.717) is 17.5 Å². The van der Waals surface area contributed by atoms with Crippen LogP contribution in [0.5, 0.6) is 0 Å². The molecule has 7 aromatic carbocycles. The monoisotopic (exact) mass is 615 g/mol. The van der Waals surface area contributed by atoms with Gasteiger partial charge >= 0.3 is 0 Å². The minimum Gasteiger partial charge on any atom is -0.208 e. The molecule has 4 heteroatoms. The van der Waals surface area contributed by atoms with Crippen molar-refractivity contribution in [2.75, 3.05) is 0 Å². The number of fused-ring (bicyclic) bond motifs is 6. The first-order valence-corrected chi connectivity index (χ1v) is 16.6. The van der Waals surface area contributed by atoms with Crippen molar-refractivity contribution in [2.24, 2.45) is 0 Å². The van der Waals surface area contributed by atoms with Crippen LogP contribution >= 0.6 is 11.3 Å². The fourth-order valence-corrected chi connectivity index (χ4v) is 8.24. The molecule has 2 heterocycles. The number of hydrogen-bond acceptors (Lipinski definition) is 4. The van der Waals surface area contributed by atoms with Crippen LogP contribution in [0.25, 0.3) is 98.5 Å². The summed E-state index contributed by atoms with van der Waals surface area (Å²) in [6.45, 7) is 0. The number of benzene rings is 7. The molecule has 0 fully saturated rings. The minimum atomic E-state index is 0.660. The summed E-state index contributed by atoms with van der Waals surface area (Å²) in [4.78, 5) is 14.7. The van der Waals surface area contributed by atoms with Gasteiger partial charge in [-0.15, -0.1) is 11.3 Å². The Balaban J connectivity index is 1.10. The van der Waals surface area contributed by atoms with Gasteiger partial charge in [-0.1, -0.05) is 133 Å². The van der Waals surface area contributed by atoms with E-state index in [4.69, 9.17) is 15.0 Å². The van der Waals surface area contributed by atoms with Gasteiger partial charge in [0.2, 0.25) is 0 Å². The lowest BCUT2D eigenvalue weighted by Gasteiger charge is -2.10. The Kier molecular flexibility index (Phi) is 5.74. The molecular weight excluding hydrogens is 591 g/mol. The predicted octanol–water partition coefficient (Wildman–Crippen LogP) is 11.7. The van der Waals surface area contributed by atoms with Crippen molar-refractivity contribution in [2.45, 2.75) is 0 Å². The van der Waals surface area contributed by atoms with Crippen LogP contribution in [0, 0.1) is 0 Å². The van der Waals surface area contributed by atoms with E-state index in [0.717, 1.165) is 16.7 Å². The van der Waals surface area contributed by atoms with Crippen molar-refractivity contribution in [1.82, 2.24) is 15.0 Å². The summed E-state index contributed by atoms with van der Waals surface area (Å²) < 4.78 is 2.62. The Hall–Kier alpha value is -5.97. The zero-order valence-corrected chi connectivity index (χ0v) is 26.0. The first kappa shape index (κ1) is 26.3. The lowest BCUT2D eigenvalue weighted by molar-refractivity contribution is 1.07. The number of thiophene rings is 1. The molecule has 0 saturated carbocycles. The zero-order chi connectivity index (χ0) is 30.9. The van der Waals surface area contributed by atoms with Crippen LogP contribution in [0.15, 0.2) is 152 Å². The Labute approximate surface area is 275 Å². The fourth-order valence-electron chi connectivity index (χ4n) is 7.08. The van der Waals surface area contributed by atoms with Gasteiger partial charge in [0.1, 0.15) is 0 Å². The van der Waals surface area contributed by atoms with Crippen LogP contribution in [0.4, 0.5) is 0 Å². The molecule has 0 unspecified atom stereocenters. The van der Waals surface area contributed by atoms with E-state index in [1.54, 1.807) is 0 Å². The highest BCUT2D eigenvalue weighted by molar-refractivity contribution is 7.26. The number of aromatic nitrogens is 3. The van der Waals surface area contributed by atoms with E-state index in [9.17, 15) is 0 Å². The smallest absolute Gasteiger partial charge is 0.164 e. The van der Waals surface area contributed by atoms with Gasteiger partial charge in [-0.2, -0.15) is 0 Å². The van der Waals surface area contributed by atoms with Gasteiger partial charge in [-0.3, -0.25) is 0 Å². The van der Waals surface area contributed by atoms with Crippen molar-refractivity contribution < 1.29 is 0 Å². The van der Waals surface area contributed by atoms with Gasteiger partial charge < -0.3 is 0 Å². The fraction of sp³-hybridized carbons (Fsp3) is 0. The van der Waals surface area contributed by atoms with Crippen molar-refractivity contribution in [3.63, 3.8) is 0 Å². The van der Waals surface area contributed by atoms with Crippen molar-refractivity contribution in [3.05, 3.63) is 152 Å². The summed E-state index contributed by atoms with van der Waals surface area (Å²) in [6.07, 6.45) is 0. The Bertz CT molecular complexity index is 2600. The quantitative estimate of drug-likeness (QED) is 0.198. The van der Waals surface area contributed by atoms with Crippen LogP contribution < -0.4 is 0 Å². The molecule has 0 saturated heterocycles. The summed E-state index contributed by atoms with van der Waals surface area (Å²) >= 11 is 1.88. The number of rotatable bonds is 4. The minimum absolute atomic E-state index is 0.660. The SMILES string of the molecule is c1ccc(-c2nc(-c3ccccc3)nc(-c3ccc(-c4cccc5sc6cc7c(cc6c45)-c4cccc5cccc-7c45)cc3)n2)cc1. The molecule has 47 heavy (non-hydrogen) atoms. The van der Waals surface area contributed by atoms with Crippen LogP contribution in [-0.2, 0) is 0 Å². The highest BCUT2D eigenvalue weighted by Crippen LogP contribution is 2.51. The van der Waals surface area contributed by atoms with E-state index in [1.165, 1.54) is 64.3 Å². The third kappa shape index (κ3) is 4.16. The maximum Gasteiger partial charge on any atom is 0.164 e. The summed E-state index contributed by atoms with van der Waals surface area (Å²) in [5.41, 5.74) is 10.6. The predicted molar refractivity (Wildman–Crippen MR) is 196 cm³/mol. The second-order valence-corrected chi connectivity index (χ2v) is 13.1. The molecule has 0 radical (unpaired) electrons. The van der Waals surface area contributed by atoms with E-state index in [1.807, 2.05) is 72.0 Å². The van der Waals surface area contributed by atoms with E-state index >= 15 is 0 Å². The zero-order valence-electron chi connectivity index (χ0n) is 25.2. The summed E-state index contributed by atoms with van der Waals surface area (Å²) in [7, 11) is 0. The molecule has 0 spiro atoms. The van der Waals surface area contributed by atoms with Gasteiger partial charge in [-0.25, -0.2) is 15.0 Å². The van der Waals surface area contributed by atoms with Crippen LogP contribution in [0.3, 0.4) is 0 Å². The van der Waals surface area contributed by atoms with Gasteiger partial charge in [0.15, 0.2) is 17.5 Å². The average Bonchev–Trinajstić information content (AvgIpc) is 3.67. The van der Waals surface area contributed by atoms with Gasteiger partial charge in [0.05, 0.1) is 0 Å². The lowest BCUT2D eigenvalue weighted by atomic mass is 9.96. The molecule has 218 valence electrons. The molecule has 9 aromatic rings. The van der Waals surface area contributed by atoms with Gasteiger partial charge in [0.25, 0.3) is 0 Å². The molecule has 3 nitrogen and oxygen atoms in total. The molecule has 0 atom stereocenters. The first-order valence-electron chi connectivity index (χ1n) is 15.8. The Morgan fingerprint density at radius 1 is 0.340 bits per heavy atom. The molecular formula is C43H25N3S. The topological polar surface area (TPSA) is 38.7 Å². The molecule has 1 aliphatic carbocycles. The highest BCUT2D eigenvalue weighted by atomic mass is 32.1. The Morgan fingerprint density at radius 3 is 1.47 bits per heavy atom. The second-order valence-electron chi connectivity index (χ2n) is 12.0. The van der Waals surface area contributed by atoms with Crippen LogP contribution in [-0.4, -0.2) is 15.0 Å². The standard InChI is InChI=1S/C43H25N3S/c1-3-10-28(11-4-1)41-44-42(29-12-5-2-6-13-29)46-43(45-41)30-22-20-26(21-23-30)31-16-9-19-37-40(31)36-24-34-32-17-7-14-27-15-8-18-33(39(27)32)35(34)25-38(36)47-37/h1-25H. The molecule has 0 bridgehead atoms. The van der Waals surface area contributed by atoms with Crippen molar-refractivity contribution in [3.8, 4) is 67.5 Å². The maximum absolute atomic E-state index is 4.93. The van der Waals surface area contributed by atoms with E-state index in [-0.39, 0.29) is 0 Å². The molecule has 0 aliphatic heterocycles. The normalized spacial score (nSPS) is 11.8. The van der Waals surface area contributed by atoms with E-state index in [2.05, 4.69) is 91.0 Å². The molecule has 2 aromatic heterocycles. The third-order valence-electron chi connectivity index (χ3n) is 9.27. The van der Waals surface area contributed by atoms with Crippen LogP contribution in [0.2, 0.25) is 0 Å². The second kappa shape index (κ2) is 10.3.